The van der Waals surface area contributed by atoms with Crippen LogP contribution in [0.3, 0.4) is 0 Å². The van der Waals surface area contributed by atoms with Crippen molar-refractivity contribution in [2.45, 2.75) is 38.3 Å². The Morgan fingerprint density at radius 3 is 3.00 bits per heavy atom. The Morgan fingerprint density at radius 2 is 2.16 bits per heavy atom. The van der Waals surface area contributed by atoms with Crippen molar-refractivity contribution in [3.05, 3.63) is 51.7 Å². The fourth-order valence-electron chi connectivity index (χ4n) is 2.90. The summed E-state index contributed by atoms with van der Waals surface area (Å²) in [6.07, 6.45) is 3.65. The van der Waals surface area contributed by atoms with E-state index in [1.54, 1.807) is 6.07 Å². The summed E-state index contributed by atoms with van der Waals surface area (Å²) in [4.78, 5) is 1.52. The van der Waals surface area contributed by atoms with Crippen LogP contribution in [0.4, 0.5) is 0 Å². The molecule has 2 unspecified atom stereocenters. The zero-order valence-electron chi connectivity index (χ0n) is 11.1. The lowest BCUT2D eigenvalue weighted by Crippen LogP contribution is -2.27. The van der Waals surface area contributed by atoms with E-state index in [-0.39, 0.29) is 6.04 Å². The summed E-state index contributed by atoms with van der Waals surface area (Å²) in [6.45, 7) is 2.12. The number of fused-ring (bicyclic) bond motifs is 1. The highest BCUT2D eigenvalue weighted by Gasteiger charge is 2.23. The third-order valence-corrected chi connectivity index (χ3v) is 4.90. The fourth-order valence-corrected chi connectivity index (χ4v) is 3.89. The van der Waals surface area contributed by atoms with Gasteiger partial charge in [0.25, 0.3) is 0 Å². The minimum atomic E-state index is 0.164. The van der Waals surface area contributed by atoms with E-state index >= 15 is 0 Å². The third kappa shape index (κ3) is 2.53. The largest absolute Gasteiger partial charge is 0.508 e. The van der Waals surface area contributed by atoms with Crippen molar-refractivity contribution in [3.8, 4) is 5.75 Å². The molecule has 1 aromatic heterocycles. The summed E-state index contributed by atoms with van der Waals surface area (Å²) in [5.74, 6) is 0.379. The predicted octanol–water partition coefficient (Wildman–Crippen LogP) is 4.18. The van der Waals surface area contributed by atoms with E-state index in [2.05, 4.69) is 23.7 Å². The van der Waals surface area contributed by atoms with Gasteiger partial charge < -0.3 is 10.4 Å². The molecule has 1 aliphatic rings. The maximum atomic E-state index is 9.93. The Hall–Kier alpha value is -1.32. The van der Waals surface area contributed by atoms with Gasteiger partial charge in [0, 0.05) is 22.5 Å². The van der Waals surface area contributed by atoms with Crippen molar-refractivity contribution in [1.82, 2.24) is 5.32 Å². The average Bonchev–Trinajstić information content (AvgIpc) is 2.88. The number of rotatable bonds is 3. The predicted molar refractivity (Wildman–Crippen MR) is 79.7 cm³/mol. The van der Waals surface area contributed by atoms with Crippen LogP contribution in [0.5, 0.6) is 5.75 Å². The van der Waals surface area contributed by atoms with Crippen LogP contribution in [0.1, 0.15) is 47.9 Å². The quantitative estimate of drug-likeness (QED) is 0.879. The Bertz CT molecular complexity index is 563. The van der Waals surface area contributed by atoms with E-state index < -0.39 is 0 Å². The molecule has 2 nitrogen and oxygen atoms in total. The number of para-hydroxylation sites is 1. The lowest BCUT2D eigenvalue weighted by molar-refractivity contribution is 0.402. The molecule has 19 heavy (non-hydrogen) atoms. The summed E-state index contributed by atoms with van der Waals surface area (Å²) >= 11 is 1.87. The molecule has 0 fully saturated rings. The molecule has 3 heteroatoms. The topological polar surface area (TPSA) is 32.3 Å². The van der Waals surface area contributed by atoms with E-state index in [1.165, 1.54) is 29.7 Å². The van der Waals surface area contributed by atoms with E-state index in [0.29, 0.717) is 11.8 Å². The molecule has 0 aliphatic heterocycles. The maximum Gasteiger partial charge on any atom is 0.120 e. The van der Waals surface area contributed by atoms with Gasteiger partial charge in [-0.1, -0.05) is 18.2 Å². The second kappa shape index (κ2) is 5.35. The molecular weight excluding hydrogens is 254 g/mol. The average molecular weight is 273 g/mol. The summed E-state index contributed by atoms with van der Waals surface area (Å²) in [5, 5.41) is 15.8. The van der Waals surface area contributed by atoms with Gasteiger partial charge in [0.2, 0.25) is 0 Å². The first-order chi connectivity index (χ1) is 9.25. The van der Waals surface area contributed by atoms with E-state index in [0.717, 1.165) is 5.56 Å². The van der Waals surface area contributed by atoms with Gasteiger partial charge in [0.1, 0.15) is 5.75 Å². The van der Waals surface area contributed by atoms with Crippen LogP contribution < -0.4 is 5.32 Å². The Balaban J connectivity index is 1.78. The van der Waals surface area contributed by atoms with Crippen LogP contribution in [-0.2, 0) is 6.42 Å². The molecule has 1 aliphatic carbocycles. The molecule has 3 rings (SSSR count). The third-order valence-electron chi connectivity index (χ3n) is 3.91. The Kier molecular flexibility index (Phi) is 3.58. The first-order valence-electron chi connectivity index (χ1n) is 6.86. The van der Waals surface area contributed by atoms with Crippen LogP contribution in [0.2, 0.25) is 0 Å². The van der Waals surface area contributed by atoms with Crippen LogP contribution in [0.15, 0.2) is 35.7 Å². The first kappa shape index (κ1) is 12.7. The van der Waals surface area contributed by atoms with Gasteiger partial charge in [0.05, 0.1) is 0 Å². The zero-order chi connectivity index (χ0) is 13.2. The number of phenols is 1. The van der Waals surface area contributed by atoms with Crippen LogP contribution in [0.25, 0.3) is 0 Å². The van der Waals surface area contributed by atoms with Gasteiger partial charge in [0.15, 0.2) is 0 Å². The van der Waals surface area contributed by atoms with E-state index in [9.17, 15) is 5.11 Å². The molecule has 1 heterocycles. The van der Waals surface area contributed by atoms with Crippen molar-refractivity contribution in [3.63, 3.8) is 0 Å². The summed E-state index contributed by atoms with van der Waals surface area (Å²) in [6, 6.07) is 10.4. The summed E-state index contributed by atoms with van der Waals surface area (Å²) < 4.78 is 0. The van der Waals surface area contributed by atoms with Crippen molar-refractivity contribution in [2.24, 2.45) is 0 Å². The number of hydrogen-bond donors (Lipinski definition) is 2. The van der Waals surface area contributed by atoms with Crippen LogP contribution in [0, 0.1) is 0 Å². The lowest BCUT2D eigenvalue weighted by atomic mass is 9.93. The number of aromatic hydroxyl groups is 1. The number of hydrogen-bond acceptors (Lipinski definition) is 3. The second-order valence-electron chi connectivity index (χ2n) is 5.19. The summed E-state index contributed by atoms with van der Waals surface area (Å²) in [7, 11) is 0. The SMILES string of the molecule is CC(NC1CCCc2sccc21)c1ccccc1O. The van der Waals surface area contributed by atoms with Gasteiger partial charge in [-0.3, -0.25) is 0 Å². The van der Waals surface area contributed by atoms with E-state index in [1.807, 2.05) is 29.5 Å². The van der Waals surface area contributed by atoms with Crippen molar-refractivity contribution >= 4 is 11.3 Å². The lowest BCUT2D eigenvalue weighted by Gasteiger charge is -2.27. The number of benzene rings is 1. The van der Waals surface area contributed by atoms with Crippen LogP contribution in [-0.4, -0.2) is 5.11 Å². The molecule has 0 bridgehead atoms. The molecule has 0 saturated carbocycles. The number of aryl methyl sites for hydroxylation is 1. The maximum absolute atomic E-state index is 9.93. The molecule has 100 valence electrons. The Labute approximate surface area is 118 Å². The van der Waals surface area contributed by atoms with Gasteiger partial charge in [-0.05, 0) is 49.3 Å². The molecule has 0 radical (unpaired) electrons. The molecular formula is C16H19NOS. The van der Waals surface area contributed by atoms with Gasteiger partial charge in [-0.25, -0.2) is 0 Å². The number of nitrogens with one attached hydrogen (secondary N) is 1. The normalized spacial score (nSPS) is 19.9. The van der Waals surface area contributed by atoms with Crippen LogP contribution >= 0.6 is 11.3 Å². The standard InChI is InChI=1S/C16H19NOS/c1-11(12-5-2-3-7-15(12)18)17-14-6-4-8-16-13(14)9-10-19-16/h2-3,5,7,9-11,14,17-18H,4,6,8H2,1H3. The molecule has 2 N–H and O–H groups in total. The van der Waals surface area contributed by atoms with Crippen molar-refractivity contribution < 1.29 is 5.11 Å². The molecule has 2 atom stereocenters. The molecule has 1 aromatic carbocycles. The van der Waals surface area contributed by atoms with Crippen molar-refractivity contribution in [1.29, 1.82) is 0 Å². The van der Waals surface area contributed by atoms with Gasteiger partial charge in [-0.15, -0.1) is 11.3 Å². The Morgan fingerprint density at radius 1 is 1.32 bits per heavy atom. The van der Waals surface area contributed by atoms with E-state index in [4.69, 9.17) is 0 Å². The van der Waals surface area contributed by atoms with Gasteiger partial charge >= 0.3 is 0 Å². The smallest absolute Gasteiger partial charge is 0.120 e. The monoisotopic (exact) mass is 273 g/mol. The number of thiophene rings is 1. The molecule has 0 amide bonds. The molecule has 0 spiro atoms. The van der Waals surface area contributed by atoms with Gasteiger partial charge in [-0.2, -0.15) is 0 Å². The second-order valence-corrected chi connectivity index (χ2v) is 6.19. The first-order valence-corrected chi connectivity index (χ1v) is 7.74. The summed E-state index contributed by atoms with van der Waals surface area (Å²) in [5.41, 5.74) is 2.43. The minimum absolute atomic E-state index is 0.164. The fraction of sp³-hybridized carbons (Fsp3) is 0.375. The highest BCUT2D eigenvalue weighted by Crippen LogP contribution is 2.35. The number of phenolic OH excluding ortho intramolecular Hbond substituents is 1. The molecule has 0 saturated heterocycles. The molecule has 2 aromatic rings. The highest BCUT2D eigenvalue weighted by molar-refractivity contribution is 7.10. The highest BCUT2D eigenvalue weighted by atomic mass is 32.1. The minimum Gasteiger partial charge on any atom is -0.508 e. The zero-order valence-corrected chi connectivity index (χ0v) is 11.9. The van der Waals surface area contributed by atoms with Crippen molar-refractivity contribution in [2.75, 3.05) is 0 Å².